The van der Waals surface area contributed by atoms with Crippen LogP contribution in [0.1, 0.15) is 99.8 Å². The van der Waals surface area contributed by atoms with Gasteiger partial charge in [0.25, 0.3) is 0 Å². The van der Waals surface area contributed by atoms with Gasteiger partial charge in [-0.05, 0) is 73.6 Å². The van der Waals surface area contributed by atoms with Gasteiger partial charge in [0, 0.05) is 18.8 Å². The van der Waals surface area contributed by atoms with Crippen molar-refractivity contribution in [2.45, 2.75) is 123 Å². The lowest BCUT2D eigenvalue weighted by molar-refractivity contribution is -0.410. The lowest BCUT2D eigenvalue weighted by Gasteiger charge is -2.35. The maximum Gasteiger partial charge on any atom is 0.303 e. The van der Waals surface area contributed by atoms with E-state index in [9.17, 15) is 9.59 Å². The topological polar surface area (TPSA) is 112 Å². The Morgan fingerprint density at radius 1 is 0.733 bits per heavy atom. The highest BCUT2D eigenvalue weighted by atomic mass is 17.2. The normalized spacial score (nSPS) is 15.6. The van der Waals surface area contributed by atoms with Crippen LogP contribution in [0.3, 0.4) is 0 Å². The van der Waals surface area contributed by atoms with E-state index in [2.05, 4.69) is 0 Å². The lowest BCUT2D eigenvalue weighted by atomic mass is 9.86. The molecule has 0 aromatic carbocycles. The fraction of sp³-hybridized carbons (Fsp3) is 0.909. The van der Waals surface area contributed by atoms with Crippen molar-refractivity contribution >= 4 is 11.9 Å². The predicted octanol–water partition coefficient (Wildman–Crippen LogP) is 5.14. The largest absolute Gasteiger partial charge is 0.481 e. The van der Waals surface area contributed by atoms with Gasteiger partial charge in [-0.3, -0.25) is 9.59 Å². The molecular formula is C22H42O8. The molecular weight excluding hydrogens is 392 g/mol. The van der Waals surface area contributed by atoms with E-state index in [0.717, 1.165) is 12.8 Å². The molecule has 0 aliphatic heterocycles. The average Bonchev–Trinajstić information content (AvgIpc) is 2.57. The second-order valence-corrected chi connectivity index (χ2v) is 9.69. The summed E-state index contributed by atoms with van der Waals surface area (Å²) in [6.45, 7) is 13.3. The van der Waals surface area contributed by atoms with Crippen LogP contribution >= 0.6 is 0 Å². The third kappa shape index (κ3) is 15.6. The minimum atomic E-state index is -0.858. The van der Waals surface area contributed by atoms with Crippen molar-refractivity contribution in [3.05, 3.63) is 0 Å². The second kappa shape index (κ2) is 14.0. The Bertz CT molecular complexity index is 450. The maximum absolute atomic E-state index is 11.0. The van der Waals surface area contributed by atoms with Gasteiger partial charge in [0.2, 0.25) is 0 Å². The molecule has 0 rings (SSSR count). The number of carboxylic acids is 2. The summed E-state index contributed by atoms with van der Waals surface area (Å²) < 4.78 is 0. The van der Waals surface area contributed by atoms with Crippen LogP contribution in [-0.2, 0) is 29.1 Å². The molecule has 0 fully saturated rings. The number of aliphatic carboxylic acids is 2. The molecule has 178 valence electrons. The number of hydrogen-bond acceptors (Lipinski definition) is 6. The van der Waals surface area contributed by atoms with Crippen molar-refractivity contribution in [1.29, 1.82) is 0 Å². The highest BCUT2D eigenvalue weighted by molar-refractivity contribution is 5.66. The Hall–Kier alpha value is -1.22. The minimum Gasteiger partial charge on any atom is -0.481 e. The smallest absolute Gasteiger partial charge is 0.303 e. The number of rotatable bonds is 16. The lowest BCUT2D eigenvalue weighted by Crippen LogP contribution is -2.39. The van der Waals surface area contributed by atoms with Crippen LogP contribution in [0.5, 0.6) is 0 Å². The van der Waals surface area contributed by atoms with Crippen molar-refractivity contribution in [2.24, 2.45) is 5.92 Å². The Kier molecular flexibility index (Phi) is 13.4. The zero-order valence-corrected chi connectivity index (χ0v) is 19.7. The van der Waals surface area contributed by atoms with Crippen LogP contribution in [0.2, 0.25) is 0 Å². The van der Waals surface area contributed by atoms with Crippen LogP contribution in [-0.4, -0.2) is 45.6 Å². The molecule has 0 amide bonds. The quantitative estimate of drug-likeness (QED) is 0.254. The summed E-state index contributed by atoms with van der Waals surface area (Å²) in [6.07, 6.45) is 2.73. The predicted molar refractivity (Wildman–Crippen MR) is 113 cm³/mol. The van der Waals surface area contributed by atoms with Gasteiger partial charge in [-0.25, -0.2) is 19.6 Å². The van der Waals surface area contributed by atoms with E-state index in [4.69, 9.17) is 29.8 Å². The molecule has 8 heteroatoms. The number of carbonyl (C=O) groups is 2. The first-order chi connectivity index (χ1) is 13.7. The summed E-state index contributed by atoms with van der Waals surface area (Å²) in [7, 11) is 0. The van der Waals surface area contributed by atoms with Gasteiger partial charge in [-0.15, -0.1) is 0 Å². The maximum atomic E-state index is 11.0. The highest BCUT2D eigenvalue weighted by Crippen LogP contribution is 2.30. The molecule has 0 radical (unpaired) electrons. The van der Waals surface area contributed by atoms with Gasteiger partial charge >= 0.3 is 11.9 Å². The fourth-order valence-corrected chi connectivity index (χ4v) is 2.93. The highest BCUT2D eigenvalue weighted by Gasteiger charge is 2.34. The summed E-state index contributed by atoms with van der Waals surface area (Å²) in [5, 5.41) is 18.0. The van der Waals surface area contributed by atoms with E-state index in [-0.39, 0.29) is 18.8 Å². The van der Waals surface area contributed by atoms with Crippen LogP contribution in [0.25, 0.3) is 0 Å². The standard InChI is InChI=1S/C22H42O8/c1-8-11-16(17(12-9-14-19(23)24)27-29-21(2,3)4)18(13-10-15-20(25)26)28-30-22(5,6)7/h16-18H,8-15H2,1-7H3,(H,23,24)(H,25,26). The summed E-state index contributed by atoms with van der Waals surface area (Å²) in [5.41, 5.74) is -1.05. The Balaban J connectivity index is 5.51. The van der Waals surface area contributed by atoms with E-state index in [0.29, 0.717) is 25.7 Å². The molecule has 0 heterocycles. The van der Waals surface area contributed by atoms with Gasteiger partial charge in [0.1, 0.15) is 0 Å². The van der Waals surface area contributed by atoms with Gasteiger partial charge in [-0.2, -0.15) is 0 Å². The summed E-state index contributed by atoms with van der Waals surface area (Å²) >= 11 is 0. The molecule has 2 N–H and O–H groups in total. The van der Waals surface area contributed by atoms with Gasteiger partial charge < -0.3 is 10.2 Å². The fourth-order valence-electron chi connectivity index (χ4n) is 2.93. The van der Waals surface area contributed by atoms with Crippen LogP contribution in [0, 0.1) is 5.92 Å². The van der Waals surface area contributed by atoms with Crippen molar-refractivity contribution in [3.8, 4) is 0 Å². The molecule has 0 aromatic rings. The van der Waals surface area contributed by atoms with Crippen LogP contribution < -0.4 is 0 Å². The Labute approximate surface area is 181 Å². The SMILES string of the molecule is CCCC(C(CCCC(=O)O)OOC(C)(C)C)C(CCCC(=O)O)OOC(C)(C)C. The van der Waals surface area contributed by atoms with Crippen LogP contribution in [0.4, 0.5) is 0 Å². The molecule has 2 atom stereocenters. The van der Waals surface area contributed by atoms with Crippen LogP contribution in [0.15, 0.2) is 0 Å². The summed E-state index contributed by atoms with van der Waals surface area (Å²) in [6, 6.07) is 0. The molecule has 0 bridgehead atoms. The Morgan fingerprint density at radius 3 is 1.37 bits per heavy atom. The van der Waals surface area contributed by atoms with E-state index in [1.807, 2.05) is 48.5 Å². The molecule has 0 aromatic heterocycles. The molecule has 0 saturated heterocycles. The zero-order valence-electron chi connectivity index (χ0n) is 19.7. The first kappa shape index (κ1) is 28.8. The first-order valence-corrected chi connectivity index (χ1v) is 10.9. The van der Waals surface area contributed by atoms with E-state index in [1.54, 1.807) is 0 Å². The molecule has 0 aliphatic carbocycles. The van der Waals surface area contributed by atoms with Crippen molar-refractivity contribution in [2.75, 3.05) is 0 Å². The third-order valence-electron chi connectivity index (χ3n) is 4.18. The zero-order chi connectivity index (χ0) is 23.4. The van der Waals surface area contributed by atoms with Crippen molar-refractivity contribution < 1.29 is 39.4 Å². The minimum absolute atomic E-state index is 0.0389. The molecule has 2 unspecified atom stereocenters. The van der Waals surface area contributed by atoms with E-state index < -0.39 is 35.3 Å². The van der Waals surface area contributed by atoms with E-state index in [1.165, 1.54) is 0 Å². The summed E-state index contributed by atoms with van der Waals surface area (Å²) in [5.74, 6) is -1.85. The number of hydrogen-bond donors (Lipinski definition) is 2. The molecule has 0 spiro atoms. The molecule has 30 heavy (non-hydrogen) atoms. The van der Waals surface area contributed by atoms with Crippen molar-refractivity contribution in [3.63, 3.8) is 0 Å². The van der Waals surface area contributed by atoms with Crippen molar-refractivity contribution in [1.82, 2.24) is 0 Å². The number of carboxylic acid groups (broad SMARTS) is 2. The molecule has 0 saturated carbocycles. The third-order valence-corrected chi connectivity index (χ3v) is 4.18. The van der Waals surface area contributed by atoms with Gasteiger partial charge in [0.05, 0.1) is 23.4 Å². The summed E-state index contributed by atoms with van der Waals surface area (Å²) in [4.78, 5) is 44.7. The van der Waals surface area contributed by atoms with E-state index >= 15 is 0 Å². The molecule has 0 aliphatic rings. The second-order valence-electron chi connectivity index (χ2n) is 9.69. The first-order valence-electron chi connectivity index (χ1n) is 10.9. The Morgan fingerprint density at radius 2 is 1.10 bits per heavy atom. The molecule has 8 nitrogen and oxygen atoms in total. The van der Waals surface area contributed by atoms with Gasteiger partial charge in [-0.1, -0.05) is 13.3 Å². The average molecular weight is 435 g/mol. The monoisotopic (exact) mass is 434 g/mol. The van der Waals surface area contributed by atoms with Gasteiger partial charge in [0.15, 0.2) is 0 Å².